The molecule has 2 nitrogen and oxygen atoms in total. The summed E-state index contributed by atoms with van der Waals surface area (Å²) in [6.45, 7) is 10.4. The number of benzene rings is 1. The summed E-state index contributed by atoms with van der Waals surface area (Å²) in [5.41, 5.74) is 2.76. The van der Waals surface area contributed by atoms with Crippen LogP contribution in [0, 0.1) is 6.92 Å². The summed E-state index contributed by atoms with van der Waals surface area (Å²) >= 11 is -0.264. The van der Waals surface area contributed by atoms with E-state index in [1.165, 1.54) is 14.8 Å². The van der Waals surface area contributed by atoms with Crippen LogP contribution in [-0.2, 0) is 11.3 Å². The van der Waals surface area contributed by atoms with Gasteiger partial charge in [-0.05, 0) is 0 Å². The summed E-state index contributed by atoms with van der Waals surface area (Å²) < 4.78 is 50.2. The van der Waals surface area contributed by atoms with Crippen LogP contribution < -0.4 is 4.57 Å². The molecule has 1 aromatic carbocycles. The van der Waals surface area contributed by atoms with E-state index >= 15 is 0 Å². The van der Waals surface area contributed by atoms with E-state index < -0.39 is 7.25 Å². The molecule has 2 rings (SSSR count). The first-order valence-electron chi connectivity index (χ1n) is 7.83. The normalized spacial score (nSPS) is 12.1. The van der Waals surface area contributed by atoms with Crippen molar-refractivity contribution in [2.24, 2.45) is 0 Å². The molecule has 1 heterocycles. The molecule has 134 valence electrons. The molecule has 0 radical (unpaired) electrons. The zero-order valence-corrected chi connectivity index (χ0v) is 16.6. The number of allylic oxidation sites excluding steroid dienone is 1. The average Bonchev–Trinajstić information content (AvgIpc) is 2.81. The molecular weight excluding hydrogens is 437 g/mol. The van der Waals surface area contributed by atoms with Crippen molar-refractivity contribution in [1.82, 2.24) is 0 Å². The van der Waals surface area contributed by atoms with Gasteiger partial charge in [0.05, 0.1) is 0 Å². The molecule has 0 aliphatic rings. The maximum Gasteiger partial charge on any atom is 0.673 e. The molecule has 0 atom stereocenters. The molecular formula is C16H22BF4NOTe. The van der Waals surface area contributed by atoms with Crippen molar-refractivity contribution in [3.8, 4) is 0 Å². The second kappa shape index (κ2) is 9.48. The zero-order chi connectivity index (χ0) is 18.3. The van der Waals surface area contributed by atoms with Crippen molar-refractivity contribution < 1.29 is 26.6 Å². The van der Waals surface area contributed by atoms with Gasteiger partial charge in [-0.25, -0.2) is 0 Å². The van der Waals surface area contributed by atoms with Gasteiger partial charge in [0.2, 0.25) is 0 Å². The second-order valence-electron chi connectivity index (χ2n) is 5.05. The van der Waals surface area contributed by atoms with Crippen LogP contribution in [0.1, 0.15) is 36.5 Å². The standard InChI is InChI=1S/C16H22NOTe.BF4/c1-5-13(18-7-3)11-16-17(6-2)14-10-12(4)8-9-15(14)19-16;2-1(3,4)5/h8-11H,5-7H2,1-4H3;/q+1;-1. The molecule has 0 spiro atoms. The first-order valence-corrected chi connectivity index (χ1v) is 10.2. The van der Waals surface area contributed by atoms with E-state index in [9.17, 15) is 17.3 Å². The second-order valence-corrected chi connectivity index (χ2v) is 8.08. The first kappa shape index (κ1) is 21.0. The van der Waals surface area contributed by atoms with Crippen molar-refractivity contribution in [2.45, 2.75) is 40.7 Å². The minimum Gasteiger partial charge on any atom is -0.418 e. The Morgan fingerprint density at radius 1 is 1.21 bits per heavy atom. The number of halogens is 4. The van der Waals surface area contributed by atoms with Gasteiger partial charge in [0.25, 0.3) is 0 Å². The van der Waals surface area contributed by atoms with E-state index in [4.69, 9.17) is 4.74 Å². The molecule has 0 fully saturated rings. The van der Waals surface area contributed by atoms with Gasteiger partial charge < -0.3 is 17.3 Å². The molecule has 0 unspecified atom stereocenters. The zero-order valence-electron chi connectivity index (χ0n) is 14.3. The Morgan fingerprint density at radius 3 is 2.33 bits per heavy atom. The number of nitrogens with zero attached hydrogens (tertiary/aromatic N) is 1. The number of hydrogen-bond donors (Lipinski definition) is 0. The summed E-state index contributed by atoms with van der Waals surface area (Å²) in [6, 6.07) is 6.85. The van der Waals surface area contributed by atoms with Gasteiger partial charge in [-0.15, -0.1) is 0 Å². The van der Waals surface area contributed by atoms with Gasteiger partial charge in [0.15, 0.2) is 0 Å². The van der Waals surface area contributed by atoms with Gasteiger partial charge in [0, 0.05) is 0 Å². The molecule has 0 amide bonds. The number of fused-ring (bicyclic) bond motifs is 1. The Morgan fingerprint density at radius 2 is 1.83 bits per heavy atom. The maximum atomic E-state index is 9.75. The number of ether oxygens (including phenoxy) is 1. The Hall–Kier alpha value is -0.995. The third kappa shape index (κ3) is 6.86. The summed E-state index contributed by atoms with van der Waals surface area (Å²) in [7, 11) is -6.00. The molecule has 0 aliphatic carbocycles. The molecule has 8 heteroatoms. The third-order valence-corrected chi connectivity index (χ3v) is 6.34. The first-order chi connectivity index (χ1) is 11.2. The van der Waals surface area contributed by atoms with Crippen LogP contribution in [-0.4, -0.2) is 34.3 Å². The number of hydrogen-bond acceptors (Lipinski definition) is 1. The fraction of sp³-hybridized carbons (Fsp3) is 0.438. The monoisotopic (exact) mass is 461 g/mol. The van der Waals surface area contributed by atoms with Crippen molar-refractivity contribution in [3.63, 3.8) is 0 Å². The average molecular weight is 459 g/mol. The molecule has 2 aromatic rings. The number of aryl methyl sites for hydroxylation is 2. The molecule has 1 aromatic heterocycles. The quantitative estimate of drug-likeness (QED) is 0.276. The molecule has 0 N–H and O–H groups in total. The van der Waals surface area contributed by atoms with E-state index in [1.54, 1.807) is 3.40 Å². The van der Waals surface area contributed by atoms with Gasteiger partial charge in [-0.2, -0.15) is 0 Å². The number of aromatic nitrogens is 1. The van der Waals surface area contributed by atoms with Crippen molar-refractivity contribution in [3.05, 3.63) is 33.2 Å². The van der Waals surface area contributed by atoms with Crippen LogP contribution in [0.2, 0.25) is 0 Å². The van der Waals surface area contributed by atoms with Crippen LogP contribution in [0.15, 0.2) is 24.0 Å². The van der Waals surface area contributed by atoms with Gasteiger partial charge >= 0.3 is 132 Å². The van der Waals surface area contributed by atoms with Gasteiger partial charge in [-0.1, -0.05) is 0 Å². The maximum absolute atomic E-state index is 9.75. The summed E-state index contributed by atoms with van der Waals surface area (Å²) in [5.74, 6) is 1.12. The Labute approximate surface area is 149 Å². The van der Waals surface area contributed by atoms with Crippen LogP contribution in [0.4, 0.5) is 17.3 Å². The van der Waals surface area contributed by atoms with E-state index in [0.717, 1.165) is 25.3 Å². The topological polar surface area (TPSA) is 13.1 Å². The van der Waals surface area contributed by atoms with Crippen molar-refractivity contribution in [1.29, 1.82) is 0 Å². The van der Waals surface area contributed by atoms with E-state index in [-0.39, 0.29) is 20.4 Å². The van der Waals surface area contributed by atoms with Gasteiger partial charge in [0.1, 0.15) is 0 Å². The molecule has 0 bridgehead atoms. The third-order valence-electron chi connectivity index (χ3n) is 3.16. The summed E-state index contributed by atoms with van der Waals surface area (Å²) in [4.78, 5) is 0. The van der Waals surface area contributed by atoms with E-state index in [0.29, 0.717) is 0 Å². The van der Waals surface area contributed by atoms with Crippen LogP contribution in [0.5, 0.6) is 0 Å². The smallest absolute Gasteiger partial charge is 0.418 e. The Balaban J connectivity index is 0.000000505. The molecule has 0 saturated heterocycles. The van der Waals surface area contributed by atoms with Crippen molar-refractivity contribution in [2.75, 3.05) is 6.61 Å². The van der Waals surface area contributed by atoms with E-state index in [1.807, 2.05) is 0 Å². The fourth-order valence-electron chi connectivity index (χ4n) is 2.21. The van der Waals surface area contributed by atoms with Crippen LogP contribution in [0.3, 0.4) is 0 Å². The van der Waals surface area contributed by atoms with Crippen LogP contribution in [0.25, 0.3) is 15.0 Å². The Bertz CT molecular complexity index is 691. The van der Waals surface area contributed by atoms with E-state index in [2.05, 4.69) is 56.5 Å². The minimum absolute atomic E-state index is 0.264. The number of rotatable bonds is 5. The fourth-order valence-corrected chi connectivity index (χ4v) is 5.53. The SMILES string of the molecule is CCOC(=Cc1[te]c2ccc(C)cc2[n+]1CC)CC.F[B-](F)(F)F. The minimum atomic E-state index is -6.00. The molecule has 24 heavy (non-hydrogen) atoms. The summed E-state index contributed by atoms with van der Waals surface area (Å²) in [6.07, 6.45) is 3.25. The predicted molar refractivity (Wildman–Crippen MR) is 91.6 cm³/mol. The molecule has 0 saturated carbocycles. The van der Waals surface area contributed by atoms with Gasteiger partial charge in [-0.3, -0.25) is 0 Å². The summed E-state index contributed by atoms with van der Waals surface area (Å²) in [5, 5.41) is 0. The Kier molecular flexibility index (Phi) is 8.31. The largest absolute Gasteiger partial charge is 0.673 e. The predicted octanol–water partition coefficient (Wildman–Crippen LogP) is 4.60. The van der Waals surface area contributed by atoms with Crippen LogP contribution >= 0.6 is 0 Å². The molecule has 0 aliphatic heterocycles. The van der Waals surface area contributed by atoms with Crippen molar-refractivity contribution >= 4 is 42.7 Å².